The highest BCUT2D eigenvalue weighted by Crippen LogP contribution is 2.24. The molecule has 13 heteroatoms. The molecule has 0 amide bonds. The van der Waals surface area contributed by atoms with Gasteiger partial charge in [0.25, 0.3) is 10.1 Å². The van der Waals surface area contributed by atoms with Gasteiger partial charge >= 0.3 is 11.9 Å². The number of carbonyl (C=O) groups excluding carboxylic acids is 2. The number of aliphatic hydroxyl groups excluding tert-OH is 3. The minimum Gasteiger partial charge on any atom is -0.462 e. The molecule has 6 unspecified atom stereocenters. The summed E-state index contributed by atoms with van der Waals surface area (Å²) < 4.78 is 54.1. The van der Waals surface area contributed by atoms with Crippen LogP contribution in [0.15, 0.2) is 60.8 Å². The molecule has 1 fully saturated rings. The average molecular weight is 925 g/mol. The van der Waals surface area contributed by atoms with Crippen molar-refractivity contribution in [2.75, 3.05) is 19.0 Å². The van der Waals surface area contributed by atoms with E-state index < -0.39 is 71.2 Å². The van der Waals surface area contributed by atoms with Gasteiger partial charge in [-0.25, -0.2) is 0 Å². The number of allylic oxidation sites excluding steroid dienone is 10. The SMILES string of the molecule is CC/C=C\C/C=C\C/C=C\CCCCCC(=O)OC(COC(=O)CCCCCCCCCCCCC/C=C\C/C=C\CCCCCCC)COC1OC(CS(=O)(=O)O)C(O)C(O)C1O. The minimum atomic E-state index is -4.61. The van der Waals surface area contributed by atoms with Crippen molar-refractivity contribution in [2.24, 2.45) is 0 Å². The highest BCUT2D eigenvalue weighted by molar-refractivity contribution is 7.85. The van der Waals surface area contributed by atoms with Crippen LogP contribution in [0.4, 0.5) is 0 Å². The van der Waals surface area contributed by atoms with Crippen LogP contribution in [0, 0.1) is 0 Å². The Morgan fingerprint density at radius 1 is 0.547 bits per heavy atom. The van der Waals surface area contributed by atoms with E-state index in [1.165, 1.54) is 89.9 Å². The molecule has 0 radical (unpaired) electrons. The number of hydrogen-bond acceptors (Lipinski definition) is 11. The molecule has 0 aromatic rings. The Morgan fingerprint density at radius 3 is 1.48 bits per heavy atom. The van der Waals surface area contributed by atoms with E-state index in [9.17, 15) is 37.9 Å². The van der Waals surface area contributed by atoms with Crippen molar-refractivity contribution in [3.63, 3.8) is 0 Å². The third-order valence-electron chi connectivity index (χ3n) is 11.1. The van der Waals surface area contributed by atoms with E-state index >= 15 is 0 Å². The molecule has 6 atom stereocenters. The Bertz CT molecular complexity index is 1410. The van der Waals surface area contributed by atoms with Gasteiger partial charge in [-0.1, -0.05) is 164 Å². The van der Waals surface area contributed by atoms with Gasteiger partial charge in [-0.05, 0) is 77.0 Å². The second kappa shape index (κ2) is 40.6. The van der Waals surface area contributed by atoms with E-state index in [0.717, 1.165) is 64.2 Å². The predicted molar refractivity (Wildman–Crippen MR) is 256 cm³/mol. The molecule has 0 aromatic carbocycles. The Morgan fingerprint density at radius 2 is 0.984 bits per heavy atom. The first-order valence-electron chi connectivity index (χ1n) is 24.8. The monoisotopic (exact) mass is 925 g/mol. The summed E-state index contributed by atoms with van der Waals surface area (Å²) in [5.41, 5.74) is 0. The quantitative estimate of drug-likeness (QED) is 0.0197. The lowest BCUT2D eigenvalue weighted by Crippen LogP contribution is -2.60. The first kappa shape index (κ1) is 59.4. The number of carbonyl (C=O) groups is 2. The molecule has 1 saturated heterocycles. The smallest absolute Gasteiger partial charge is 0.306 e. The molecule has 0 saturated carbocycles. The van der Waals surface area contributed by atoms with E-state index in [-0.39, 0.29) is 19.4 Å². The second-order valence-electron chi connectivity index (χ2n) is 17.1. The normalized spacial score (nSPS) is 20.1. The van der Waals surface area contributed by atoms with Crippen molar-refractivity contribution >= 4 is 22.1 Å². The number of rotatable bonds is 41. The molecule has 1 aliphatic rings. The Hall–Kier alpha value is -2.65. The van der Waals surface area contributed by atoms with Gasteiger partial charge in [0.05, 0.1) is 6.61 Å². The summed E-state index contributed by atoms with van der Waals surface area (Å²) in [6.07, 6.45) is 41.3. The van der Waals surface area contributed by atoms with E-state index in [1.54, 1.807) is 0 Å². The molecule has 4 N–H and O–H groups in total. The maximum atomic E-state index is 12.8. The lowest BCUT2D eigenvalue weighted by Gasteiger charge is -2.40. The number of aliphatic hydroxyl groups is 3. The third-order valence-corrected chi connectivity index (χ3v) is 11.8. The van der Waals surface area contributed by atoms with Gasteiger partial charge in [-0.15, -0.1) is 0 Å². The van der Waals surface area contributed by atoms with Crippen molar-refractivity contribution < 1.29 is 56.8 Å². The third kappa shape index (κ3) is 34.7. The highest BCUT2D eigenvalue weighted by Gasteiger charge is 2.46. The van der Waals surface area contributed by atoms with Crippen molar-refractivity contribution in [2.45, 2.75) is 230 Å². The van der Waals surface area contributed by atoms with Crippen molar-refractivity contribution in [3.05, 3.63) is 60.8 Å². The molecule has 1 heterocycles. The van der Waals surface area contributed by atoms with E-state index in [0.29, 0.717) is 12.8 Å². The lowest BCUT2D eigenvalue weighted by atomic mass is 10.00. The van der Waals surface area contributed by atoms with E-state index in [2.05, 4.69) is 74.6 Å². The number of unbranched alkanes of at least 4 members (excludes halogenated alkanes) is 19. The summed E-state index contributed by atoms with van der Waals surface area (Å²) >= 11 is 0. The molecule has 370 valence electrons. The van der Waals surface area contributed by atoms with Crippen LogP contribution in [0.2, 0.25) is 0 Å². The highest BCUT2D eigenvalue weighted by atomic mass is 32.2. The zero-order valence-corrected chi connectivity index (χ0v) is 40.4. The van der Waals surface area contributed by atoms with Crippen LogP contribution in [0.25, 0.3) is 0 Å². The summed E-state index contributed by atoms with van der Waals surface area (Å²) in [6.45, 7) is 3.61. The van der Waals surface area contributed by atoms with Crippen LogP contribution < -0.4 is 0 Å². The number of hydrogen-bond donors (Lipinski definition) is 4. The summed E-state index contributed by atoms with van der Waals surface area (Å²) in [7, 11) is -4.61. The zero-order chi connectivity index (χ0) is 46.9. The van der Waals surface area contributed by atoms with Crippen molar-refractivity contribution in [3.8, 4) is 0 Å². The van der Waals surface area contributed by atoms with Crippen LogP contribution in [0.3, 0.4) is 0 Å². The van der Waals surface area contributed by atoms with Gasteiger partial charge in [0.1, 0.15) is 36.8 Å². The molecular formula is C51H88O12S. The van der Waals surface area contributed by atoms with Crippen LogP contribution in [0.1, 0.15) is 194 Å². The first-order chi connectivity index (χ1) is 31.0. The molecular weight excluding hydrogens is 837 g/mol. The van der Waals surface area contributed by atoms with Gasteiger partial charge in [-0.3, -0.25) is 14.1 Å². The van der Waals surface area contributed by atoms with Crippen LogP contribution in [-0.4, -0.2) is 96.0 Å². The zero-order valence-electron chi connectivity index (χ0n) is 39.6. The minimum absolute atomic E-state index is 0.127. The molecule has 0 spiro atoms. The topological polar surface area (TPSA) is 186 Å². The fourth-order valence-corrected chi connectivity index (χ4v) is 7.94. The van der Waals surface area contributed by atoms with Crippen LogP contribution in [0.5, 0.6) is 0 Å². The number of esters is 2. The molecule has 64 heavy (non-hydrogen) atoms. The lowest BCUT2D eigenvalue weighted by molar-refractivity contribution is -0.297. The Kier molecular flexibility index (Phi) is 37.7. The van der Waals surface area contributed by atoms with Crippen molar-refractivity contribution in [1.82, 2.24) is 0 Å². The fourth-order valence-electron chi connectivity index (χ4n) is 7.25. The predicted octanol–water partition coefficient (Wildman–Crippen LogP) is 10.9. The summed E-state index contributed by atoms with van der Waals surface area (Å²) in [5, 5.41) is 30.9. The van der Waals surface area contributed by atoms with Gasteiger partial charge in [-0.2, -0.15) is 8.42 Å². The van der Waals surface area contributed by atoms with Gasteiger partial charge in [0, 0.05) is 12.8 Å². The Balaban J connectivity index is 2.36. The van der Waals surface area contributed by atoms with Crippen LogP contribution >= 0.6 is 0 Å². The molecule has 1 rings (SSSR count). The van der Waals surface area contributed by atoms with E-state index in [4.69, 9.17) is 18.9 Å². The first-order valence-corrected chi connectivity index (χ1v) is 26.5. The molecule has 0 aromatic heterocycles. The summed E-state index contributed by atoms with van der Waals surface area (Å²) in [5.74, 6) is -2.03. The molecule has 0 bridgehead atoms. The van der Waals surface area contributed by atoms with Gasteiger partial charge in [0.2, 0.25) is 0 Å². The van der Waals surface area contributed by atoms with E-state index in [1.807, 2.05) is 0 Å². The van der Waals surface area contributed by atoms with Gasteiger partial charge < -0.3 is 34.3 Å². The van der Waals surface area contributed by atoms with Crippen LogP contribution in [-0.2, 0) is 38.7 Å². The second-order valence-corrected chi connectivity index (χ2v) is 18.6. The summed E-state index contributed by atoms with van der Waals surface area (Å²) in [6, 6.07) is 0. The Labute approximate surface area is 387 Å². The fraction of sp³-hybridized carbons (Fsp3) is 0.765. The molecule has 1 aliphatic heterocycles. The molecule has 0 aliphatic carbocycles. The standard InChI is InChI=1S/C51H88O12S/c1-3-5-7-9-11-13-15-17-18-19-20-21-22-23-24-25-26-28-29-31-33-35-37-39-46(52)60-41-44(42-61-51-50(56)49(55)48(54)45(63-51)43-64(57,58)59)62-47(53)40-38-36-34-32-30-27-16-14-12-10-8-6-4-2/h6,8,12,14-15,17,19-20,27,30,44-45,48-51,54-56H,3-5,7,9-11,13,16,18,21-26,28-29,31-43H2,1-2H3,(H,57,58,59)/b8-6-,14-12-,17-15-,20-19-,30-27-. The maximum Gasteiger partial charge on any atom is 0.306 e. The van der Waals surface area contributed by atoms with Crippen molar-refractivity contribution in [1.29, 1.82) is 0 Å². The van der Waals surface area contributed by atoms with Gasteiger partial charge in [0.15, 0.2) is 12.4 Å². The summed E-state index contributed by atoms with van der Waals surface area (Å²) in [4.78, 5) is 25.5. The number of ether oxygens (including phenoxy) is 4. The molecule has 12 nitrogen and oxygen atoms in total. The average Bonchev–Trinajstić information content (AvgIpc) is 3.26. The largest absolute Gasteiger partial charge is 0.462 e. The maximum absolute atomic E-state index is 12.8.